The van der Waals surface area contributed by atoms with Crippen molar-refractivity contribution in [2.24, 2.45) is 0 Å². The van der Waals surface area contributed by atoms with Crippen molar-refractivity contribution >= 4 is 89.4 Å². The second-order valence-corrected chi connectivity index (χ2v) is 6.14. The van der Waals surface area contributed by atoms with Gasteiger partial charge in [0, 0.05) is 16.0 Å². The Labute approximate surface area is 121 Å². The molecule has 1 aromatic rings. The minimum absolute atomic E-state index is 0.866. The summed E-state index contributed by atoms with van der Waals surface area (Å²) in [7, 11) is 0. The van der Waals surface area contributed by atoms with Crippen LogP contribution in [-0.2, 0) is 5.33 Å². The fourth-order valence-electron chi connectivity index (χ4n) is 0.771. The van der Waals surface area contributed by atoms with Crippen LogP contribution in [0.1, 0.15) is 5.56 Å². The van der Waals surface area contributed by atoms with E-state index in [9.17, 15) is 0 Å². The topological polar surface area (TPSA) is 26.0 Å². The van der Waals surface area contributed by atoms with Gasteiger partial charge >= 0.3 is 0 Å². The lowest BCUT2D eigenvalue weighted by atomic mass is 10.2. The van der Waals surface area contributed by atoms with Crippen LogP contribution in [0.25, 0.3) is 0 Å². The molecule has 66 valence electrons. The van der Waals surface area contributed by atoms with Crippen molar-refractivity contribution in [3.63, 3.8) is 0 Å². The van der Waals surface area contributed by atoms with Crippen LogP contribution in [0.2, 0.25) is 0 Å². The van der Waals surface area contributed by atoms with Gasteiger partial charge < -0.3 is 5.73 Å². The monoisotopic (exact) mass is 563 g/mol. The average Bonchev–Trinajstić information content (AvgIpc) is 2.01. The minimum Gasteiger partial charge on any atom is -0.397 e. The molecule has 0 spiro atoms. The van der Waals surface area contributed by atoms with E-state index in [1.165, 1.54) is 12.7 Å². The average molecular weight is 564 g/mol. The molecule has 2 N–H and O–H groups in total. The lowest BCUT2D eigenvalue weighted by molar-refractivity contribution is 1.35. The van der Waals surface area contributed by atoms with E-state index in [-0.39, 0.29) is 0 Å². The number of hydrogen-bond acceptors (Lipinski definition) is 1. The van der Waals surface area contributed by atoms with Crippen LogP contribution in [0.15, 0.2) is 6.07 Å². The molecule has 0 aromatic heterocycles. The van der Waals surface area contributed by atoms with Gasteiger partial charge in [0.2, 0.25) is 0 Å². The molecule has 0 aliphatic rings. The van der Waals surface area contributed by atoms with Gasteiger partial charge in [-0.2, -0.15) is 0 Å². The molecule has 1 aromatic carbocycles. The fourth-order valence-corrected chi connectivity index (χ4v) is 6.15. The zero-order valence-electron chi connectivity index (χ0n) is 5.87. The summed E-state index contributed by atoms with van der Waals surface area (Å²) in [5.74, 6) is 0. The number of alkyl halides is 1. The van der Waals surface area contributed by atoms with Crippen LogP contribution >= 0.6 is 83.7 Å². The summed E-state index contributed by atoms with van der Waals surface area (Å²) in [6.45, 7) is 0. The van der Waals surface area contributed by atoms with Crippen LogP contribution < -0.4 is 5.73 Å². The molecule has 1 nitrogen and oxygen atoms in total. The van der Waals surface area contributed by atoms with Crippen molar-refractivity contribution in [3.05, 3.63) is 22.3 Å². The van der Waals surface area contributed by atoms with Gasteiger partial charge in [-0.1, -0.05) is 15.9 Å². The molecule has 0 radical (unpaired) electrons. The highest BCUT2D eigenvalue weighted by atomic mass is 127. The number of halogens is 4. The zero-order valence-corrected chi connectivity index (χ0v) is 13.9. The predicted molar refractivity (Wildman–Crippen MR) is 81.6 cm³/mol. The molecule has 0 heterocycles. The molecule has 12 heavy (non-hydrogen) atoms. The molecular formula is C7H5BrI3N. The first kappa shape index (κ1) is 11.8. The van der Waals surface area contributed by atoms with Crippen molar-refractivity contribution in [2.75, 3.05) is 5.73 Å². The summed E-state index contributed by atoms with van der Waals surface area (Å²) in [5, 5.41) is 0.866. The first-order valence-corrected chi connectivity index (χ1v) is 7.41. The van der Waals surface area contributed by atoms with E-state index in [2.05, 4.69) is 89.8 Å². The Bertz CT molecular complexity index is 314. The van der Waals surface area contributed by atoms with Gasteiger partial charge in [0.15, 0.2) is 0 Å². The molecule has 0 amide bonds. The Balaban J connectivity index is 3.40. The number of nitrogens with two attached hydrogens (primary N) is 1. The van der Waals surface area contributed by atoms with Gasteiger partial charge in [-0.05, 0) is 79.4 Å². The Morgan fingerprint density at radius 1 is 1.25 bits per heavy atom. The Kier molecular flexibility index (Phi) is 4.87. The summed E-state index contributed by atoms with van der Waals surface area (Å²) in [5.41, 5.74) is 8.07. The highest BCUT2D eigenvalue weighted by Crippen LogP contribution is 2.30. The largest absolute Gasteiger partial charge is 0.397 e. The molecule has 0 saturated carbocycles. The summed E-state index contributed by atoms with van der Waals surface area (Å²) in [6.07, 6.45) is 0. The van der Waals surface area contributed by atoms with Crippen molar-refractivity contribution in [2.45, 2.75) is 5.33 Å². The van der Waals surface area contributed by atoms with Gasteiger partial charge in [-0.25, -0.2) is 0 Å². The second-order valence-electron chi connectivity index (χ2n) is 2.18. The molecule has 0 unspecified atom stereocenters. The SMILES string of the molecule is Nc1c(I)cc(I)c(CBr)c1I. The Hall–Kier alpha value is 1.69. The molecule has 0 fully saturated rings. The first-order valence-electron chi connectivity index (χ1n) is 3.05. The third-order valence-electron chi connectivity index (χ3n) is 1.43. The molecular weight excluding hydrogens is 559 g/mol. The molecule has 5 heteroatoms. The normalized spacial score (nSPS) is 10.3. The van der Waals surface area contributed by atoms with E-state index in [0.29, 0.717) is 0 Å². The van der Waals surface area contributed by atoms with Crippen molar-refractivity contribution in [1.29, 1.82) is 0 Å². The fraction of sp³-hybridized carbons (Fsp3) is 0.143. The van der Waals surface area contributed by atoms with Gasteiger partial charge in [0.25, 0.3) is 0 Å². The summed E-state index contributed by atoms with van der Waals surface area (Å²) in [6, 6.07) is 2.11. The highest BCUT2D eigenvalue weighted by molar-refractivity contribution is 14.1. The number of hydrogen-bond donors (Lipinski definition) is 1. The van der Waals surface area contributed by atoms with Crippen molar-refractivity contribution in [1.82, 2.24) is 0 Å². The quantitative estimate of drug-likeness (QED) is 0.312. The third-order valence-corrected chi connectivity index (χ3v) is 5.08. The number of anilines is 1. The van der Waals surface area contributed by atoms with E-state index < -0.39 is 0 Å². The van der Waals surface area contributed by atoms with Gasteiger partial charge in [0.1, 0.15) is 0 Å². The van der Waals surface area contributed by atoms with Crippen LogP contribution in [0.4, 0.5) is 5.69 Å². The molecule has 0 aliphatic heterocycles. The van der Waals surface area contributed by atoms with Crippen molar-refractivity contribution in [3.8, 4) is 0 Å². The number of nitrogen functional groups attached to an aromatic ring is 1. The van der Waals surface area contributed by atoms with Gasteiger partial charge in [0.05, 0.1) is 5.69 Å². The van der Waals surface area contributed by atoms with E-state index in [1.807, 2.05) is 0 Å². The predicted octanol–water partition coefficient (Wildman–Crippen LogP) is 3.98. The maximum atomic E-state index is 5.89. The van der Waals surface area contributed by atoms with Gasteiger partial charge in [-0.15, -0.1) is 0 Å². The lowest BCUT2D eigenvalue weighted by Crippen LogP contribution is -1.99. The Morgan fingerprint density at radius 3 is 2.33 bits per heavy atom. The van der Waals surface area contributed by atoms with Gasteiger partial charge in [-0.3, -0.25) is 0 Å². The van der Waals surface area contributed by atoms with Crippen molar-refractivity contribution < 1.29 is 0 Å². The Morgan fingerprint density at radius 2 is 1.83 bits per heavy atom. The minimum atomic E-state index is 0.866. The van der Waals surface area contributed by atoms with E-state index in [4.69, 9.17) is 5.73 Å². The molecule has 0 atom stereocenters. The van der Waals surface area contributed by atoms with Crippen LogP contribution in [-0.4, -0.2) is 0 Å². The third kappa shape index (κ3) is 2.38. The highest BCUT2D eigenvalue weighted by Gasteiger charge is 2.09. The molecule has 0 aliphatic carbocycles. The maximum Gasteiger partial charge on any atom is 0.0589 e. The molecule has 0 bridgehead atoms. The summed E-state index contributed by atoms with van der Waals surface area (Å²) < 4.78 is 3.57. The smallest absolute Gasteiger partial charge is 0.0589 e. The second kappa shape index (κ2) is 4.96. The van der Waals surface area contributed by atoms with E-state index in [0.717, 1.165) is 14.6 Å². The number of rotatable bonds is 1. The number of benzene rings is 1. The first-order chi connectivity index (χ1) is 5.57. The molecule has 0 saturated heterocycles. The zero-order chi connectivity index (χ0) is 9.30. The van der Waals surface area contributed by atoms with Crippen LogP contribution in [0.5, 0.6) is 0 Å². The van der Waals surface area contributed by atoms with E-state index in [1.54, 1.807) is 0 Å². The molecule has 1 rings (SSSR count). The lowest BCUT2D eigenvalue weighted by Gasteiger charge is -2.08. The maximum absolute atomic E-state index is 5.89. The standard InChI is InChI=1S/C7H5BrI3N/c8-2-3-4(9)1-5(10)7(12)6(3)11/h1H,2,12H2. The summed E-state index contributed by atoms with van der Waals surface area (Å²) >= 11 is 10.3. The van der Waals surface area contributed by atoms with E-state index >= 15 is 0 Å². The van der Waals surface area contributed by atoms with Crippen LogP contribution in [0, 0.1) is 10.7 Å². The van der Waals surface area contributed by atoms with Crippen LogP contribution in [0.3, 0.4) is 0 Å². The summed E-state index contributed by atoms with van der Waals surface area (Å²) in [4.78, 5) is 0.